The molecule has 1 atom stereocenters. The molecule has 2 rings (SSSR count). The Balaban J connectivity index is 1.92. The van der Waals surface area contributed by atoms with Crippen molar-refractivity contribution in [2.45, 2.75) is 44.2 Å². The first kappa shape index (κ1) is 10.9. The number of carbonyl (C=O) groups is 1. The van der Waals surface area contributed by atoms with Crippen LogP contribution < -0.4 is 5.73 Å². The SMILES string of the molecule is NCCN(C(=O)C1CCCO1)C1CCC1. The second-order valence-corrected chi connectivity index (χ2v) is 4.41. The molecular formula is C11H20N2O2. The lowest BCUT2D eigenvalue weighted by molar-refractivity contribution is -0.145. The number of amides is 1. The van der Waals surface area contributed by atoms with Crippen LogP contribution in [0.15, 0.2) is 0 Å². The van der Waals surface area contributed by atoms with Gasteiger partial charge < -0.3 is 15.4 Å². The van der Waals surface area contributed by atoms with Crippen LogP contribution in [-0.4, -0.2) is 42.6 Å². The van der Waals surface area contributed by atoms with Crippen molar-refractivity contribution >= 4 is 5.91 Å². The molecule has 0 aromatic carbocycles. The number of hydrogen-bond donors (Lipinski definition) is 1. The molecule has 1 aliphatic heterocycles. The molecule has 1 amide bonds. The largest absolute Gasteiger partial charge is 0.368 e. The van der Waals surface area contributed by atoms with Crippen molar-refractivity contribution in [1.29, 1.82) is 0 Å². The van der Waals surface area contributed by atoms with Gasteiger partial charge in [-0.05, 0) is 32.1 Å². The van der Waals surface area contributed by atoms with E-state index in [0.717, 1.165) is 32.3 Å². The Bertz CT molecular complexity index is 223. The minimum absolute atomic E-state index is 0.169. The molecule has 2 aliphatic rings. The second kappa shape index (κ2) is 4.94. The molecule has 15 heavy (non-hydrogen) atoms. The molecule has 0 spiro atoms. The predicted octanol–water partition coefficient (Wildman–Crippen LogP) is 0.505. The number of nitrogens with zero attached hydrogens (tertiary/aromatic N) is 1. The van der Waals surface area contributed by atoms with Gasteiger partial charge in [-0.25, -0.2) is 0 Å². The van der Waals surface area contributed by atoms with E-state index in [9.17, 15) is 4.79 Å². The van der Waals surface area contributed by atoms with Gasteiger partial charge in [0.25, 0.3) is 5.91 Å². The maximum atomic E-state index is 12.1. The highest BCUT2D eigenvalue weighted by Gasteiger charge is 2.34. The topological polar surface area (TPSA) is 55.6 Å². The highest BCUT2D eigenvalue weighted by molar-refractivity contribution is 5.81. The van der Waals surface area contributed by atoms with Gasteiger partial charge in [0, 0.05) is 25.7 Å². The molecule has 1 saturated heterocycles. The average molecular weight is 212 g/mol. The van der Waals surface area contributed by atoms with Crippen molar-refractivity contribution < 1.29 is 9.53 Å². The predicted molar refractivity (Wildman–Crippen MR) is 57.4 cm³/mol. The lowest BCUT2D eigenvalue weighted by atomic mass is 9.91. The van der Waals surface area contributed by atoms with E-state index in [1.165, 1.54) is 6.42 Å². The Morgan fingerprint density at radius 3 is 2.60 bits per heavy atom. The zero-order valence-electron chi connectivity index (χ0n) is 9.15. The Labute approximate surface area is 90.8 Å². The van der Waals surface area contributed by atoms with E-state index in [1.54, 1.807) is 0 Å². The molecule has 4 heteroatoms. The van der Waals surface area contributed by atoms with E-state index < -0.39 is 0 Å². The van der Waals surface area contributed by atoms with E-state index in [-0.39, 0.29) is 12.0 Å². The van der Waals surface area contributed by atoms with Gasteiger partial charge in [0.15, 0.2) is 0 Å². The average Bonchev–Trinajstić information content (AvgIpc) is 2.66. The first-order chi connectivity index (χ1) is 7.33. The summed E-state index contributed by atoms with van der Waals surface area (Å²) in [6.07, 6.45) is 5.23. The molecule has 1 heterocycles. The molecule has 0 aromatic heterocycles. The Morgan fingerprint density at radius 2 is 2.13 bits per heavy atom. The number of rotatable bonds is 4. The third kappa shape index (κ3) is 2.32. The number of nitrogens with two attached hydrogens (primary N) is 1. The van der Waals surface area contributed by atoms with Crippen LogP contribution in [-0.2, 0) is 9.53 Å². The van der Waals surface area contributed by atoms with Crippen molar-refractivity contribution in [2.24, 2.45) is 5.73 Å². The maximum Gasteiger partial charge on any atom is 0.251 e. The molecular weight excluding hydrogens is 192 g/mol. The monoisotopic (exact) mass is 212 g/mol. The van der Waals surface area contributed by atoms with Crippen LogP contribution in [0.3, 0.4) is 0 Å². The zero-order valence-corrected chi connectivity index (χ0v) is 9.15. The van der Waals surface area contributed by atoms with Crippen LogP contribution in [0.25, 0.3) is 0 Å². The first-order valence-electron chi connectivity index (χ1n) is 5.95. The van der Waals surface area contributed by atoms with Gasteiger partial charge in [-0.3, -0.25) is 4.79 Å². The number of ether oxygens (including phenoxy) is 1. The van der Waals surface area contributed by atoms with Crippen LogP contribution in [0.1, 0.15) is 32.1 Å². The van der Waals surface area contributed by atoms with E-state index in [1.807, 2.05) is 4.90 Å². The molecule has 0 bridgehead atoms. The van der Waals surface area contributed by atoms with Crippen LogP contribution >= 0.6 is 0 Å². The molecule has 2 fully saturated rings. The molecule has 1 aliphatic carbocycles. The molecule has 1 saturated carbocycles. The summed E-state index contributed by atoms with van der Waals surface area (Å²) in [7, 11) is 0. The fraction of sp³-hybridized carbons (Fsp3) is 0.909. The summed E-state index contributed by atoms with van der Waals surface area (Å²) in [6, 6.07) is 0.435. The summed E-state index contributed by atoms with van der Waals surface area (Å²) < 4.78 is 5.43. The van der Waals surface area contributed by atoms with E-state index >= 15 is 0 Å². The lowest BCUT2D eigenvalue weighted by Crippen LogP contribution is -2.50. The zero-order chi connectivity index (χ0) is 10.7. The molecule has 0 radical (unpaired) electrons. The smallest absolute Gasteiger partial charge is 0.251 e. The van der Waals surface area contributed by atoms with Gasteiger partial charge in [0.2, 0.25) is 0 Å². The molecule has 1 unspecified atom stereocenters. The van der Waals surface area contributed by atoms with Crippen LogP contribution in [0, 0.1) is 0 Å². The summed E-state index contributed by atoms with van der Waals surface area (Å²) in [4.78, 5) is 14.1. The molecule has 4 nitrogen and oxygen atoms in total. The number of hydrogen-bond acceptors (Lipinski definition) is 3. The Kier molecular flexibility index (Phi) is 3.59. The quantitative estimate of drug-likeness (QED) is 0.738. The van der Waals surface area contributed by atoms with E-state index in [2.05, 4.69) is 0 Å². The summed E-state index contributed by atoms with van der Waals surface area (Å²) >= 11 is 0. The van der Waals surface area contributed by atoms with Gasteiger partial charge in [-0.1, -0.05) is 0 Å². The third-order valence-corrected chi connectivity index (χ3v) is 3.37. The van der Waals surface area contributed by atoms with Crippen molar-refractivity contribution in [2.75, 3.05) is 19.7 Å². The van der Waals surface area contributed by atoms with Gasteiger partial charge in [-0.2, -0.15) is 0 Å². The van der Waals surface area contributed by atoms with Crippen LogP contribution in [0.2, 0.25) is 0 Å². The molecule has 2 N–H and O–H groups in total. The fourth-order valence-electron chi connectivity index (χ4n) is 2.27. The van der Waals surface area contributed by atoms with Crippen LogP contribution in [0.4, 0.5) is 0 Å². The summed E-state index contributed by atoms with van der Waals surface area (Å²) in [5.41, 5.74) is 5.55. The van der Waals surface area contributed by atoms with Crippen LogP contribution in [0.5, 0.6) is 0 Å². The van der Waals surface area contributed by atoms with Crippen molar-refractivity contribution in [1.82, 2.24) is 4.90 Å². The minimum atomic E-state index is -0.183. The van der Waals surface area contributed by atoms with Crippen molar-refractivity contribution in [3.05, 3.63) is 0 Å². The minimum Gasteiger partial charge on any atom is -0.368 e. The van der Waals surface area contributed by atoms with Crippen molar-refractivity contribution in [3.63, 3.8) is 0 Å². The number of carbonyl (C=O) groups excluding carboxylic acids is 1. The first-order valence-corrected chi connectivity index (χ1v) is 5.95. The standard InChI is InChI=1S/C11H20N2O2/c12-6-7-13(9-3-1-4-9)11(14)10-5-2-8-15-10/h9-10H,1-8,12H2. The van der Waals surface area contributed by atoms with E-state index in [4.69, 9.17) is 10.5 Å². The summed E-state index contributed by atoms with van der Waals surface area (Å²) in [5.74, 6) is 0.169. The van der Waals surface area contributed by atoms with Crippen molar-refractivity contribution in [3.8, 4) is 0 Å². The normalized spacial score (nSPS) is 26.3. The van der Waals surface area contributed by atoms with Gasteiger partial charge in [-0.15, -0.1) is 0 Å². The van der Waals surface area contributed by atoms with Gasteiger partial charge >= 0.3 is 0 Å². The summed E-state index contributed by atoms with van der Waals surface area (Å²) in [6.45, 7) is 1.97. The van der Waals surface area contributed by atoms with E-state index in [0.29, 0.717) is 19.1 Å². The Morgan fingerprint density at radius 1 is 1.33 bits per heavy atom. The molecule has 0 aromatic rings. The van der Waals surface area contributed by atoms with Gasteiger partial charge in [0.05, 0.1) is 0 Å². The highest BCUT2D eigenvalue weighted by Crippen LogP contribution is 2.26. The second-order valence-electron chi connectivity index (χ2n) is 4.41. The molecule has 86 valence electrons. The lowest BCUT2D eigenvalue weighted by Gasteiger charge is -2.38. The highest BCUT2D eigenvalue weighted by atomic mass is 16.5. The van der Waals surface area contributed by atoms with Gasteiger partial charge in [0.1, 0.15) is 6.10 Å². The summed E-state index contributed by atoms with van der Waals surface area (Å²) in [5, 5.41) is 0. The maximum absolute atomic E-state index is 12.1. The Hall–Kier alpha value is -0.610. The fourth-order valence-corrected chi connectivity index (χ4v) is 2.27. The third-order valence-electron chi connectivity index (χ3n) is 3.37.